The van der Waals surface area contributed by atoms with E-state index < -0.39 is 0 Å². The molecule has 6 heteroatoms. The summed E-state index contributed by atoms with van der Waals surface area (Å²) >= 11 is 3.33. The summed E-state index contributed by atoms with van der Waals surface area (Å²) in [5.74, 6) is 2.10. The number of carbonyl (C=O) groups is 1. The molecule has 1 aliphatic heterocycles. The van der Waals surface area contributed by atoms with Crippen LogP contribution in [0.1, 0.15) is 16.5 Å². The molecule has 134 valence electrons. The zero-order chi connectivity index (χ0) is 18.1. The number of ether oxygens (including phenoxy) is 2. The van der Waals surface area contributed by atoms with Crippen molar-refractivity contribution in [2.45, 2.75) is 11.9 Å². The average Bonchev–Trinajstić information content (AvgIpc) is 3.25. The van der Waals surface area contributed by atoms with Crippen LogP contribution in [0, 0.1) is 0 Å². The van der Waals surface area contributed by atoms with E-state index in [2.05, 4.69) is 17.5 Å². The summed E-state index contributed by atoms with van der Waals surface area (Å²) in [6, 6.07) is 14.1. The summed E-state index contributed by atoms with van der Waals surface area (Å²) in [5.41, 5.74) is 2.10. The maximum absolute atomic E-state index is 12.6. The molecule has 0 aliphatic carbocycles. The van der Waals surface area contributed by atoms with Crippen LogP contribution in [0.4, 0.5) is 0 Å². The predicted molar refractivity (Wildman–Crippen MR) is 107 cm³/mol. The zero-order valence-electron chi connectivity index (χ0n) is 14.6. The topological polar surface area (TPSA) is 38.8 Å². The highest BCUT2D eigenvalue weighted by atomic mass is 32.2. The second-order valence-corrected chi connectivity index (χ2v) is 8.00. The van der Waals surface area contributed by atoms with Crippen LogP contribution in [0.2, 0.25) is 0 Å². The summed E-state index contributed by atoms with van der Waals surface area (Å²) < 4.78 is 12.4. The molecule has 1 amide bonds. The summed E-state index contributed by atoms with van der Waals surface area (Å²) in [4.78, 5) is 14.6. The number of fused-ring (bicyclic) bond motifs is 1. The van der Waals surface area contributed by atoms with Gasteiger partial charge in [0.1, 0.15) is 16.9 Å². The fourth-order valence-corrected chi connectivity index (χ4v) is 5.52. The van der Waals surface area contributed by atoms with Gasteiger partial charge in [-0.25, -0.2) is 0 Å². The van der Waals surface area contributed by atoms with E-state index in [9.17, 15) is 4.79 Å². The maximum Gasteiger partial charge on any atom is 0.234 e. The Balaban J connectivity index is 1.73. The van der Waals surface area contributed by atoms with Crippen LogP contribution in [0.5, 0.6) is 11.5 Å². The summed E-state index contributed by atoms with van der Waals surface area (Å²) in [6.07, 6.45) is 0. The molecule has 0 spiro atoms. The predicted octanol–water partition coefficient (Wildman–Crippen LogP) is 4.69. The quantitative estimate of drug-likeness (QED) is 0.639. The second kappa shape index (κ2) is 7.21. The fourth-order valence-electron chi connectivity index (χ4n) is 3.33. The van der Waals surface area contributed by atoms with Gasteiger partial charge in [-0.05, 0) is 34.5 Å². The number of thiophene rings is 1. The molecule has 1 aliphatic rings. The Hall–Kier alpha value is -2.18. The van der Waals surface area contributed by atoms with Crippen molar-refractivity contribution in [1.29, 1.82) is 0 Å². The number of hydrogen-bond acceptors (Lipinski definition) is 5. The summed E-state index contributed by atoms with van der Waals surface area (Å²) in [5, 5.41) is 3.25. The largest absolute Gasteiger partial charge is 0.496 e. The van der Waals surface area contributed by atoms with Gasteiger partial charge in [0.05, 0.1) is 25.5 Å². The first kappa shape index (κ1) is 17.2. The Kier molecular flexibility index (Phi) is 4.78. The lowest BCUT2D eigenvalue weighted by Crippen LogP contribution is -2.28. The summed E-state index contributed by atoms with van der Waals surface area (Å²) in [7, 11) is 3.30. The molecule has 0 N–H and O–H groups in total. The van der Waals surface area contributed by atoms with E-state index in [1.807, 2.05) is 35.2 Å². The van der Waals surface area contributed by atoms with Crippen LogP contribution in [0.25, 0.3) is 10.1 Å². The maximum atomic E-state index is 12.6. The number of benzene rings is 2. The van der Waals surface area contributed by atoms with Crippen molar-refractivity contribution in [3.8, 4) is 11.5 Å². The average molecular weight is 386 g/mol. The van der Waals surface area contributed by atoms with Crippen molar-refractivity contribution in [3.05, 3.63) is 59.0 Å². The molecule has 3 aromatic rings. The molecule has 2 heterocycles. The van der Waals surface area contributed by atoms with Gasteiger partial charge < -0.3 is 14.4 Å². The minimum atomic E-state index is -0.118. The minimum absolute atomic E-state index is 0.118. The molecule has 1 saturated heterocycles. The molecule has 4 nitrogen and oxygen atoms in total. The second-order valence-electron chi connectivity index (χ2n) is 6.02. The smallest absolute Gasteiger partial charge is 0.234 e. The van der Waals surface area contributed by atoms with Crippen molar-refractivity contribution >= 4 is 39.1 Å². The van der Waals surface area contributed by atoms with Gasteiger partial charge in [-0.3, -0.25) is 4.79 Å². The molecule has 1 unspecified atom stereocenters. The van der Waals surface area contributed by atoms with E-state index in [1.165, 1.54) is 15.6 Å². The van der Waals surface area contributed by atoms with Crippen molar-refractivity contribution in [2.75, 3.05) is 20.0 Å². The number of methoxy groups -OCH3 is 2. The Morgan fingerprint density at radius 2 is 1.81 bits per heavy atom. The molecule has 0 radical (unpaired) electrons. The van der Waals surface area contributed by atoms with Crippen LogP contribution < -0.4 is 9.47 Å². The third kappa shape index (κ3) is 2.93. The number of carbonyl (C=O) groups excluding carboxylic acids is 1. The zero-order valence-corrected chi connectivity index (χ0v) is 16.2. The Labute approximate surface area is 160 Å². The lowest BCUT2D eigenvalue weighted by molar-refractivity contribution is -0.128. The lowest BCUT2D eigenvalue weighted by atomic mass is 10.1. The van der Waals surface area contributed by atoms with E-state index in [4.69, 9.17) is 9.47 Å². The number of thioether (sulfide) groups is 1. The molecule has 1 atom stereocenters. The molecule has 0 bridgehead atoms. The van der Waals surface area contributed by atoms with E-state index in [0.717, 1.165) is 17.1 Å². The first-order valence-electron chi connectivity index (χ1n) is 8.30. The van der Waals surface area contributed by atoms with Crippen molar-refractivity contribution in [3.63, 3.8) is 0 Å². The highest BCUT2D eigenvalue weighted by molar-refractivity contribution is 8.00. The molecular weight excluding hydrogens is 366 g/mol. The summed E-state index contributed by atoms with van der Waals surface area (Å²) in [6.45, 7) is 0.585. The van der Waals surface area contributed by atoms with Gasteiger partial charge in [-0.1, -0.05) is 24.3 Å². The SMILES string of the molecule is COc1cccc(OC)c1C1SCC(=O)N1Cc1csc2ccccc12. The van der Waals surface area contributed by atoms with Gasteiger partial charge in [0.15, 0.2) is 0 Å². The van der Waals surface area contributed by atoms with E-state index >= 15 is 0 Å². The van der Waals surface area contributed by atoms with Gasteiger partial charge in [0, 0.05) is 11.2 Å². The van der Waals surface area contributed by atoms with Crippen molar-refractivity contribution < 1.29 is 14.3 Å². The molecule has 1 fully saturated rings. The van der Waals surface area contributed by atoms with Gasteiger partial charge in [-0.2, -0.15) is 0 Å². The van der Waals surface area contributed by atoms with Crippen LogP contribution >= 0.6 is 23.1 Å². The van der Waals surface area contributed by atoms with Crippen LogP contribution in [0.3, 0.4) is 0 Å². The minimum Gasteiger partial charge on any atom is -0.496 e. The molecule has 2 aromatic carbocycles. The molecule has 26 heavy (non-hydrogen) atoms. The fraction of sp³-hybridized carbons (Fsp3) is 0.250. The number of rotatable bonds is 5. The third-order valence-electron chi connectivity index (χ3n) is 4.58. The highest BCUT2D eigenvalue weighted by Gasteiger charge is 2.36. The van der Waals surface area contributed by atoms with Gasteiger partial charge in [-0.15, -0.1) is 23.1 Å². The van der Waals surface area contributed by atoms with Gasteiger partial charge in [0.2, 0.25) is 5.91 Å². The Bertz CT molecular complexity index is 931. The normalized spacial score (nSPS) is 17.1. The van der Waals surface area contributed by atoms with E-state index in [0.29, 0.717) is 12.3 Å². The number of nitrogens with zero attached hydrogens (tertiary/aromatic N) is 1. The van der Waals surface area contributed by atoms with Crippen LogP contribution in [-0.2, 0) is 11.3 Å². The van der Waals surface area contributed by atoms with Crippen molar-refractivity contribution in [1.82, 2.24) is 4.90 Å². The Morgan fingerprint density at radius 1 is 1.08 bits per heavy atom. The van der Waals surface area contributed by atoms with Crippen LogP contribution in [0.15, 0.2) is 47.8 Å². The van der Waals surface area contributed by atoms with E-state index in [-0.39, 0.29) is 11.3 Å². The monoisotopic (exact) mass is 385 g/mol. The first-order chi connectivity index (χ1) is 12.7. The van der Waals surface area contributed by atoms with Crippen LogP contribution in [-0.4, -0.2) is 30.8 Å². The lowest BCUT2D eigenvalue weighted by Gasteiger charge is -2.26. The third-order valence-corrected chi connectivity index (χ3v) is 6.81. The molecule has 4 rings (SSSR count). The standard InChI is InChI=1S/C20H19NO3S2/c1-23-15-7-5-8-16(24-2)19(15)20-21(18(22)12-26-20)10-13-11-25-17-9-4-3-6-14(13)17/h3-9,11,20H,10,12H2,1-2H3. The molecular formula is C20H19NO3S2. The molecule has 1 aromatic heterocycles. The Morgan fingerprint density at radius 3 is 2.54 bits per heavy atom. The highest BCUT2D eigenvalue weighted by Crippen LogP contribution is 2.47. The number of hydrogen-bond donors (Lipinski definition) is 0. The van der Waals surface area contributed by atoms with Gasteiger partial charge >= 0.3 is 0 Å². The molecule has 0 saturated carbocycles. The van der Waals surface area contributed by atoms with E-state index in [1.54, 1.807) is 37.3 Å². The van der Waals surface area contributed by atoms with Crippen molar-refractivity contribution in [2.24, 2.45) is 0 Å². The number of amides is 1. The van der Waals surface area contributed by atoms with Gasteiger partial charge in [0.25, 0.3) is 0 Å². The first-order valence-corrected chi connectivity index (χ1v) is 10.2.